The third kappa shape index (κ3) is 4.00. The summed E-state index contributed by atoms with van der Waals surface area (Å²) in [6.45, 7) is 13.6. The molecule has 5 nitrogen and oxygen atoms in total. The average Bonchev–Trinajstić information content (AvgIpc) is 3.16. The maximum Gasteiger partial charge on any atom is 0.260 e. The molecule has 0 fully saturated rings. The fraction of sp³-hybridized carbons (Fsp3) is 0.417. The summed E-state index contributed by atoms with van der Waals surface area (Å²) >= 11 is 0. The van der Waals surface area contributed by atoms with Crippen LogP contribution in [0, 0.1) is 0 Å². The van der Waals surface area contributed by atoms with Crippen LogP contribution >= 0.6 is 0 Å². The molecule has 29 heavy (non-hydrogen) atoms. The highest BCUT2D eigenvalue weighted by atomic mass is 16.6. The smallest absolute Gasteiger partial charge is 0.260 e. The van der Waals surface area contributed by atoms with Gasteiger partial charge in [0.25, 0.3) is 5.89 Å². The van der Waals surface area contributed by atoms with Crippen molar-refractivity contribution in [3.63, 3.8) is 0 Å². The van der Waals surface area contributed by atoms with Crippen LogP contribution in [0.25, 0.3) is 11.5 Å². The van der Waals surface area contributed by atoms with E-state index in [9.17, 15) is 0 Å². The second kappa shape index (κ2) is 6.90. The van der Waals surface area contributed by atoms with Crippen molar-refractivity contribution in [3.05, 3.63) is 59.5 Å². The van der Waals surface area contributed by atoms with Gasteiger partial charge >= 0.3 is 0 Å². The van der Waals surface area contributed by atoms with E-state index < -0.39 is 6.10 Å². The van der Waals surface area contributed by atoms with Crippen LogP contribution in [0.3, 0.4) is 0 Å². The molecule has 2 aromatic carbocycles. The topological polar surface area (TPSA) is 57.4 Å². The molecule has 0 amide bonds. The number of hydrogen-bond acceptors (Lipinski definition) is 5. The molecule has 4 rings (SSSR count). The molecule has 0 N–H and O–H groups in total. The van der Waals surface area contributed by atoms with E-state index in [1.165, 1.54) is 11.1 Å². The maximum absolute atomic E-state index is 6.03. The first kappa shape index (κ1) is 19.5. The molecular weight excluding hydrogens is 364 g/mol. The number of aromatic nitrogens is 2. The first-order valence-corrected chi connectivity index (χ1v) is 9.99. The molecule has 0 aliphatic carbocycles. The van der Waals surface area contributed by atoms with Gasteiger partial charge in [0.05, 0.1) is 0 Å². The second-order valence-corrected chi connectivity index (χ2v) is 9.61. The van der Waals surface area contributed by atoms with Gasteiger partial charge in [-0.1, -0.05) is 59.7 Å². The van der Waals surface area contributed by atoms with E-state index in [2.05, 4.69) is 69.9 Å². The van der Waals surface area contributed by atoms with Crippen molar-refractivity contribution >= 4 is 0 Å². The van der Waals surface area contributed by atoms with Crippen LogP contribution in [-0.2, 0) is 10.8 Å². The lowest BCUT2D eigenvalue weighted by atomic mass is 9.79. The molecule has 2 heterocycles. The Hall–Kier alpha value is -2.82. The number of benzene rings is 2. The van der Waals surface area contributed by atoms with E-state index in [1.54, 1.807) is 0 Å². The number of para-hydroxylation sites is 2. The van der Waals surface area contributed by atoms with Crippen molar-refractivity contribution in [2.24, 2.45) is 0 Å². The third-order valence-corrected chi connectivity index (χ3v) is 5.14. The summed E-state index contributed by atoms with van der Waals surface area (Å²) in [6, 6.07) is 14.1. The van der Waals surface area contributed by atoms with E-state index in [1.807, 2.05) is 24.3 Å². The van der Waals surface area contributed by atoms with Crippen molar-refractivity contribution in [2.45, 2.75) is 58.5 Å². The number of rotatable bonds is 2. The van der Waals surface area contributed by atoms with Gasteiger partial charge in [-0.25, -0.2) is 0 Å². The normalized spacial score (nSPS) is 16.7. The highest BCUT2D eigenvalue weighted by Crippen LogP contribution is 2.37. The predicted octanol–water partition coefficient (Wildman–Crippen LogP) is 5.84. The van der Waals surface area contributed by atoms with E-state index in [0.717, 1.165) is 11.3 Å². The lowest BCUT2D eigenvalue weighted by molar-refractivity contribution is 0.0716. The molecule has 0 radical (unpaired) electrons. The van der Waals surface area contributed by atoms with E-state index in [0.29, 0.717) is 24.1 Å². The molecule has 3 aromatic rings. The Labute approximate surface area is 172 Å². The zero-order chi connectivity index (χ0) is 20.8. The lowest BCUT2D eigenvalue weighted by Crippen LogP contribution is -2.21. The quantitative estimate of drug-likeness (QED) is 0.548. The van der Waals surface area contributed by atoms with Crippen LogP contribution in [0.15, 0.2) is 46.9 Å². The molecule has 1 aromatic heterocycles. The summed E-state index contributed by atoms with van der Waals surface area (Å²) in [6.07, 6.45) is -0.418. The van der Waals surface area contributed by atoms with Gasteiger partial charge in [-0.15, -0.1) is 10.2 Å². The van der Waals surface area contributed by atoms with Gasteiger partial charge in [-0.2, -0.15) is 0 Å². The molecule has 5 heteroatoms. The highest BCUT2D eigenvalue weighted by molar-refractivity contribution is 5.58. The Bertz CT molecular complexity index is 993. The Morgan fingerprint density at radius 1 is 0.828 bits per heavy atom. The summed E-state index contributed by atoms with van der Waals surface area (Å²) in [5, 5.41) is 8.56. The standard InChI is InChI=1S/C24H28N2O3/c1-23(2,3)16-11-15(12-17(13-16)24(4,5)6)21-25-26-22(29-21)20-14-27-18-9-7-8-10-19(18)28-20/h7-13,20H,14H2,1-6H3. The summed E-state index contributed by atoms with van der Waals surface area (Å²) in [5.74, 6) is 2.34. The number of ether oxygens (including phenoxy) is 2. The lowest BCUT2D eigenvalue weighted by Gasteiger charge is -2.25. The molecular formula is C24H28N2O3. The summed E-state index contributed by atoms with van der Waals surface area (Å²) in [5.41, 5.74) is 3.45. The molecule has 0 saturated heterocycles. The SMILES string of the molecule is CC(C)(C)c1cc(-c2nnc(C3COc4ccccc4O3)o2)cc(C(C)(C)C)c1. The van der Waals surface area contributed by atoms with Gasteiger partial charge in [-0.05, 0) is 46.2 Å². The van der Waals surface area contributed by atoms with Crippen LogP contribution < -0.4 is 9.47 Å². The molecule has 152 valence electrons. The molecule has 1 aliphatic rings. The van der Waals surface area contributed by atoms with E-state index >= 15 is 0 Å². The highest BCUT2D eigenvalue weighted by Gasteiger charge is 2.28. The van der Waals surface area contributed by atoms with Gasteiger partial charge < -0.3 is 13.9 Å². The van der Waals surface area contributed by atoms with Gasteiger partial charge in [0.1, 0.15) is 6.61 Å². The monoisotopic (exact) mass is 392 g/mol. The predicted molar refractivity (Wildman–Crippen MR) is 112 cm³/mol. The van der Waals surface area contributed by atoms with Crippen LogP contribution in [0.2, 0.25) is 0 Å². The molecule has 1 aliphatic heterocycles. The first-order chi connectivity index (χ1) is 13.6. The van der Waals surface area contributed by atoms with Crippen LogP contribution in [0.5, 0.6) is 11.5 Å². The van der Waals surface area contributed by atoms with Crippen LogP contribution in [-0.4, -0.2) is 16.8 Å². The summed E-state index contributed by atoms with van der Waals surface area (Å²) in [7, 11) is 0. The third-order valence-electron chi connectivity index (χ3n) is 5.14. The molecule has 0 spiro atoms. The molecule has 0 saturated carbocycles. The van der Waals surface area contributed by atoms with Gasteiger partial charge in [-0.3, -0.25) is 0 Å². The summed E-state index contributed by atoms with van der Waals surface area (Å²) in [4.78, 5) is 0. The Balaban J connectivity index is 1.68. The van der Waals surface area contributed by atoms with Crippen LogP contribution in [0.4, 0.5) is 0 Å². The molecule has 0 bridgehead atoms. The minimum absolute atomic E-state index is 0.0168. The molecule has 1 unspecified atom stereocenters. The minimum Gasteiger partial charge on any atom is -0.485 e. The summed E-state index contributed by atoms with van der Waals surface area (Å²) < 4.78 is 17.8. The van der Waals surface area contributed by atoms with E-state index in [-0.39, 0.29) is 10.8 Å². The van der Waals surface area contributed by atoms with Gasteiger partial charge in [0.15, 0.2) is 11.5 Å². The van der Waals surface area contributed by atoms with Crippen molar-refractivity contribution < 1.29 is 13.9 Å². The first-order valence-electron chi connectivity index (χ1n) is 9.99. The average molecular weight is 392 g/mol. The second-order valence-electron chi connectivity index (χ2n) is 9.61. The Morgan fingerprint density at radius 3 is 2.07 bits per heavy atom. The van der Waals surface area contributed by atoms with Crippen molar-refractivity contribution in [1.82, 2.24) is 10.2 Å². The minimum atomic E-state index is -0.418. The van der Waals surface area contributed by atoms with Gasteiger partial charge in [0.2, 0.25) is 12.0 Å². The zero-order valence-corrected chi connectivity index (χ0v) is 17.9. The number of nitrogens with zero attached hydrogens (tertiary/aromatic N) is 2. The molecule has 1 atom stereocenters. The van der Waals surface area contributed by atoms with Crippen LogP contribution in [0.1, 0.15) is 64.7 Å². The Morgan fingerprint density at radius 2 is 1.45 bits per heavy atom. The van der Waals surface area contributed by atoms with Gasteiger partial charge in [0, 0.05) is 5.56 Å². The number of fused-ring (bicyclic) bond motifs is 1. The zero-order valence-electron chi connectivity index (χ0n) is 17.9. The van der Waals surface area contributed by atoms with E-state index in [4.69, 9.17) is 13.9 Å². The fourth-order valence-corrected chi connectivity index (χ4v) is 3.24. The van der Waals surface area contributed by atoms with Crippen molar-refractivity contribution in [2.75, 3.05) is 6.61 Å². The maximum atomic E-state index is 6.03. The fourth-order valence-electron chi connectivity index (χ4n) is 3.24. The Kier molecular flexibility index (Phi) is 4.64. The van der Waals surface area contributed by atoms with Crippen molar-refractivity contribution in [3.8, 4) is 23.0 Å². The number of hydrogen-bond donors (Lipinski definition) is 0. The largest absolute Gasteiger partial charge is 0.485 e. The van der Waals surface area contributed by atoms with Crippen molar-refractivity contribution in [1.29, 1.82) is 0 Å².